The molecule has 108 valence electrons. The van der Waals surface area contributed by atoms with E-state index >= 15 is 0 Å². The van der Waals surface area contributed by atoms with Crippen LogP contribution in [0.15, 0.2) is 36.5 Å². The number of rotatable bonds is 3. The van der Waals surface area contributed by atoms with Crippen molar-refractivity contribution in [1.29, 1.82) is 0 Å². The minimum Gasteiger partial charge on any atom is -0.478 e. The van der Waals surface area contributed by atoms with Gasteiger partial charge in [0.15, 0.2) is 0 Å². The van der Waals surface area contributed by atoms with Crippen LogP contribution in [0.2, 0.25) is 0 Å². The van der Waals surface area contributed by atoms with E-state index in [0.29, 0.717) is 11.4 Å². The van der Waals surface area contributed by atoms with Gasteiger partial charge in [-0.05, 0) is 37.3 Å². The Labute approximate surface area is 119 Å². The molecule has 1 aromatic heterocycles. The summed E-state index contributed by atoms with van der Waals surface area (Å²) in [5, 5.41) is 13.6. The van der Waals surface area contributed by atoms with Gasteiger partial charge in [-0.25, -0.2) is 14.0 Å². The van der Waals surface area contributed by atoms with Crippen molar-refractivity contribution < 1.29 is 19.1 Å². The third kappa shape index (κ3) is 3.53. The number of benzene rings is 1. The third-order valence-corrected chi connectivity index (χ3v) is 2.72. The van der Waals surface area contributed by atoms with E-state index in [-0.39, 0.29) is 11.3 Å². The average Bonchev–Trinajstić information content (AvgIpc) is 2.43. The molecule has 0 atom stereocenters. The van der Waals surface area contributed by atoms with Gasteiger partial charge in [-0.3, -0.25) is 4.98 Å². The number of hydrogen-bond donors (Lipinski definition) is 3. The highest BCUT2D eigenvalue weighted by Gasteiger charge is 2.11. The lowest BCUT2D eigenvalue weighted by Crippen LogP contribution is -2.21. The standard InChI is InChI=1S/C14H12FN3O3/c1-8-11(3-2-6-16-8)17-14(21)18-12-7-9(13(19)20)4-5-10(12)15/h2-7H,1H3,(H,19,20)(H2,17,18,21). The second-order valence-corrected chi connectivity index (χ2v) is 4.22. The first-order valence-corrected chi connectivity index (χ1v) is 6.00. The summed E-state index contributed by atoms with van der Waals surface area (Å²) in [7, 11) is 0. The van der Waals surface area contributed by atoms with Crippen molar-refractivity contribution in [2.24, 2.45) is 0 Å². The lowest BCUT2D eigenvalue weighted by Gasteiger charge is -2.10. The van der Waals surface area contributed by atoms with E-state index in [2.05, 4.69) is 15.6 Å². The van der Waals surface area contributed by atoms with Gasteiger partial charge < -0.3 is 15.7 Å². The number of urea groups is 1. The maximum absolute atomic E-state index is 13.6. The van der Waals surface area contributed by atoms with Crippen molar-refractivity contribution >= 4 is 23.4 Å². The molecule has 2 amide bonds. The molecule has 0 aliphatic carbocycles. The van der Waals surface area contributed by atoms with E-state index in [4.69, 9.17) is 5.11 Å². The Kier molecular flexibility index (Phi) is 4.13. The van der Waals surface area contributed by atoms with Crippen molar-refractivity contribution in [3.63, 3.8) is 0 Å². The van der Waals surface area contributed by atoms with E-state index < -0.39 is 17.8 Å². The molecular weight excluding hydrogens is 277 g/mol. The SMILES string of the molecule is Cc1ncccc1NC(=O)Nc1cc(C(=O)O)ccc1F. The van der Waals surface area contributed by atoms with E-state index in [1.54, 1.807) is 25.3 Å². The molecule has 21 heavy (non-hydrogen) atoms. The van der Waals surface area contributed by atoms with Crippen molar-refractivity contribution in [1.82, 2.24) is 4.98 Å². The fourth-order valence-electron chi connectivity index (χ4n) is 1.65. The summed E-state index contributed by atoms with van der Waals surface area (Å²) in [5.74, 6) is -1.93. The van der Waals surface area contributed by atoms with E-state index in [1.165, 1.54) is 0 Å². The molecule has 0 aliphatic heterocycles. The Morgan fingerprint density at radius 1 is 1.19 bits per heavy atom. The van der Waals surface area contributed by atoms with Gasteiger partial charge in [0.05, 0.1) is 22.6 Å². The van der Waals surface area contributed by atoms with Crippen LogP contribution >= 0.6 is 0 Å². The first-order chi connectivity index (χ1) is 9.97. The molecule has 0 fully saturated rings. The minimum absolute atomic E-state index is 0.121. The topological polar surface area (TPSA) is 91.3 Å². The Balaban J connectivity index is 2.15. The number of halogens is 1. The molecule has 0 spiro atoms. The number of carboxylic acids is 1. The second-order valence-electron chi connectivity index (χ2n) is 4.22. The molecule has 0 saturated carbocycles. The summed E-state index contributed by atoms with van der Waals surface area (Å²) >= 11 is 0. The number of nitrogens with one attached hydrogen (secondary N) is 2. The molecule has 1 aromatic carbocycles. The zero-order chi connectivity index (χ0) is 15.4. The highest BCUT2D eigenvalue weighted by Crippen LogP contribution is 2.17. The first-order valence-electron chi connectivity index (χ1n) is 6.00. The van der Waals surface area contributed by atoms with Gasteiger partial charge in [-0.1, -0.05) is 0 Å². The van der Waals surface area contributed by atoms with Crippen LogP contribution in [0, 0.1) is 12.7 Å². The van der Waals surface area contributed by atoms with E-state index in [9.17, 15) is 14.0 Å². The van der Waals surface area contributed by atoms with Crippen LogP contribution in [0.1, 0.15) is 16.1 Å². The number of aryl methyl sites for hydroxylation is 1. The first kappa shape index (κ1) is 14.4. The van der Waals surface area contributed by atoms with Gasteiger partial charge in [0, 0.05) is 6.20 Å². The third-order valence-electron chi connectivity index (χ3n) is 2.72. The Morgan fingerprint density at radius 3 is 2.57 bits per heavy atom. The van der Waals surface area contributed by atoms with Crippen LogP contribution < -0.4 is 10.6 Å². The summed E-state index contributed by atoms with van der Waals surface area (Å²) in [6.45, 7) is 1.71. The van der Waals surface area contributed by atoms with Crippen LogP contribution in [0.3, 0.4) is 0 Å². The number of nitrogens with zero attached hydrogens (tertiary/aromatic N) is 1. The predicted octanol–water partition coefficient (Wildman–Crippen LogP) is 2.87. The Morgan fingerprint density at radius 2 is 1.90 bits per heavy atom. The number of aromatic nitrogens is 1. The molecule has 2 rings (SSSR count). The number of amides is 2. The summed E-state index contributed by atoms with van der Waals surface area (Å²) in [5.41, 5.74) is 0.746. The number of aromatic carboxylic acids is 1. The van der Waals surface area contributed by atoms with Crippen molar-refractivity contribution in [3.8, 4) is 0 Å². The summed E-state index contributed by atoms with van der Waals surface area (Å²) in [4.78, 5) is 26.6. The lowest BCUT2D eigenvalue weighted by molar-refractivity contribution is 0.0697. The average molecular weight is 289 g/mol. The highest BCUT2D eigenvalue weighted by molar-refractivity contribution is 6.01. The normalized spacial score (nSPS) is 10.0. The lowest BCUT2D eigenvalue weighted by atomic mass is 10.2. The van der Waals surface area contributed by atoms with Crippen molar-refractivity contribution in [2.45, 2.75) is 6.92 Å². The van der Waals surface area contributed by atoms with E-state index in [1.807, 2.05) is 0 Å². The van der Waals surface area contributed by atoms with Gasteiger partial charge in [0.2, 0.25) is 0 Å². The fraction of sp³-hybridized carbons (Fsp3) is 0.0714. The van der Waals surface area contributed by atoms with Crippen LogP contribution in [0.4, 0.5) is 20.6 Å². The molecule has 0 bridgehead atoms. The number of hydrogen-bond acceptors (Lipinski definition) is 3. The monoisotopic (exact) mass is 289 g/mol. The predicted molar refractivity (Wildman–Crippen MR) is 75.0 cm³/mol. The highest BCUT2D eigenvalue weighted by atomic mass is 19.1. The number of anilines is 2. The molecular formula is C14H12FN3O3. The zero-order valence-corrected chi connectivity index (χ0v) is 11.1. The number of carbonyl (C=O) groups is 2. The Hall–Kier alpha value is -2.96. The molecule has 0 unspecified atom stereocenters. The molecule has 0 aliphatic rings. The molecule has 1 heterocycles. The van der Waals surface area contributed by atoms with Crippen LogP contribution in [0.25, 0.3) is 0 Å². The maximum atomic E-state index is 13.6. The van der Waals surface area contributed by atoms with Gasteiger partial charge in [-0.2, -0.15) is 0 Å². The van der Waals surface area contributed by atoms with Gasteiger partial charge in [-0.15, -0.1) is 0 Å². The molecule has 7 heteroatoms. The summed E-state index contributed by atoms with van der Waals surface area (Å²) in [6, 6.07) is 5.75. The van der Waals surface area contributed by atoms with Gasteiger partial charge in [0.25, 0.3) is 0 Å². The van der Waals surface area contributed by atoms with Gasteiger partial charge in [0.1, 0.15) is 5.82 Å². The van der Waals surface area contributed by atoms with Gasteiger partial charge >= 0.3 is 12.0 Å². The molecule has 6 nitrogen and oxygen atoms in total. The zero-order valence-electron chi connectivity index (χ0n) is 11.1. The molecule has 0 saturated heterocycles. The number of pyridine rings is 1. The smallest absolute Gasteiger partial charge is 0.335 e. The molecule has 3 N–H and O–H groups in total. The van der Waals surface area contributed by atoms with Crippen molar-refractivity contribution in [3.05, 3.63) is 53.6 Å². The van der Waals surface area contributed by atoms with Crippen LogP contribution in [0.5, 0.6) is 0 Å². The largest absolute Gasteiger partial charge is 0.478 e. The minimum atomic E-state index is -1.21. The van der Waals surface area contributed by atoms with Crippen LogP contribution in [-0.4, -0.2) is 22.1 Å². The molecule has 0 radical (unpaired) electrons. The Bertz CT molecular complexity index is 704. The number of carboxylic acid groups (broad SMARTS) is 1. The fourth-order valence-corrected chi connectivity index (χ4v) is 1.65. The molecule has 2 aromatic rings. The summed E-state index contributed by atoms with van der Waals surface area (Å²) < 4.78 is 13.6. The maximum Gasteiger partial charge on any atom is 0.335 e. The second kappa shape index (κ2) is 6.00. The van der Waals surface area contributed by atoms with E-state index in [0.717, 1.165) is 18.2 Å². The van der Waals surface area contributed by atoms with Crippen LogP contribution in [-0.2, 0) is 0 Å². The van der Waals surface area contributed by atoms with Crippen molar-refractivity contribution in [2.75, 3.05) is 10.6 Å². The number of carbonyl (C=O) groups excluding carboxylic acids is 1. The quantitative estimate of drug-likeness (QED) is 0.810. The summed E-state index contributed by atoms with van der Waals surface area (Å²) in [6.07, 6.45) is 1.58.